The molecular weight excluding hydrogens is 270 g/mol. The van der Waals surface area contributed by atoms with E-state index in [0.29, 0.717) is 16.3 Å². The van der Waals surface area contributed by atoms with Gasteiger partial charge in [0.15, 0.2) is 5.65 Å². The van der Waals surface area contributed by atoms with Crippen LogP contribution in [0.4, 0.5) is 0 Å². The Hall–Kier alpha value is -2.34. The molecule has 0 unspecified atom stereocenters. The number of rotatable bonds is 1. The van der Waals surface area contributed by atoms with Gasteiger partial charge in [-0.15, -0.1) is 4.73 Å². The summed E-state index contributed by atoms with van der Waals surface area (Å²) in [5.74, 6) is -0.589. The highest BCUT2D eigenvalue weighted by atomic mass is 35.5. The van der Waals surface area contributed by atoms with E-state index in [0.717, 1.165) is 4.73 Å². The first-order chi connectivity index (χ1) is 9.09. The summed E-state index contributed by atoms with van der Waals surface area (Å²) in [7, 11) is 0. The molecule has 0 saturated carbocycles. The van der Waals surface area contributed by atoms with Crippen LogP contribution in [0.5, 0.6) is 0 Å². The highest BCUT2D eigenvalue weighted by Crippen LogP contribution is 2.18. The molecule has 96 valence electrons. The second kappa shape index (κ2) is 4.10. The molecule has 0 amide bonds. The van der Waals surface area contributed by atoms with Crippen LogP contribution in [0.3, 0.4) is 0 Å². The molecule has 0 radical (unpaired) electrons. The molecule has 19 heavy (non-hydrogen) atoms. The smallest absolute Gasteiger partial charge is 0.330 e. The molecule has 0 aliphatic heterocycles. The molecule has 0 aromatic carbocycles. The third-order valence-electron chi connectivity index (χ3n) is 2.65. The molecule has 0 bridgehead atoms. The minimum Gasteiger partial charge on any atom is -0.333 e. The summed E-state index contributed by atoms with van der Waals surface area (Å²) in [6, 6.07) is 6.41. The van der Waals surface area contributed by atoms with E-state index in [1.54, 1.807) is 30.5 Å². The van der Waals surface area contributed by atoms with Gasteiger partial charge >= 0.3 is 11.5 Å². The minimum atomic E-state index is -0.589. The van der Waals surface area contributed by atoms with E-state index < -0.39 is 11.5 Å². The van der Waals surface area contributed by atoms with E-state index in [-0.39, 0.29) is 5.52 Å². The largest absolute Gasteiger partial charge is 0.333 e. The highest BCUT2D eigenvalue weighted by Gasteiger charge is 2.15. The molecule has 0 fully saturated rings. The summed E-state index contributed by atoms with van der Waals surface area (Å²) in [6.07, 6.45) is 1.57. The van der Waals surface area contributed by atoms with E-state index in [1.807, 2.05) is 0 Å². The van der Waals surface area contributed by atoms with Crippen LogP contribution < -0.4 is 10.4 Å². The highest BCUT2D eigenvalue weighted by molar-refractivity contribution is 6.30. The van der Waals surface area contributed by atoms with Gasteiger partial charge in [0.2, 0.25) is 0 Å². The van der Waals surface area contributed by atoms with Crippen LogP contribution in [0.2, 0.25) is 5.15 Å². The Balaban J connectivity index is 2.56. The van der Waals surface area contributed by atoms with Crippen LogP contribution in [-0.4, -0.2) is 20.1 Å². The average Bonchev–Trinajstić information content (AvgIpc) is 2.77. The first-order valence-corrected chi connectivity index (χ1v) is 5.83. The van der Waals surface area contributed by atoms with Gasteiger partial charge < -0.3 is 4.84 Å². The minimum absolute atomic E-state index is 0.289. The van der Waals surface area contributed by atoms with Gasteiger partial charge in [-0.3, -0.25) is 9.20 Å². The van der Waals surface area contributed by atoms with Crippen molar-refractivity contribution in [3.8, 4) is 0 Å². The first-order valence-electron chi connectivity index (χ1n) is 5.45. The summed E-state index contributed by atoms with van der Waals surface area (Å²) in [6.45, 7) is 1.23. The fourth-order valence-electron chi connectivity index (χ4n) is 1.95. The van der Waals surface area contributed by atoms with Gasteiger partial charge in [-0.1, -0.05) is 11.6 Å². The molecule has 0 aliphatic carbocycles. The molecule has 0 N–H and O–H groups in total. The van der Waals surface area contributed by atoms with E-state index in [2.05, 4.69) is 4.98 Å². The van der Waals surface area contributed by atoms with Gasteiger partial charge in [0, 0.05) is 13.1 Å². The summed E-state index contributed by atoms with van der Waals surface area (Å²) in [5.41, 5.74) is 0.627. The van der Waals surface area contributed by atoms with Crippen molar-refractivity contribution < 1.29 is 9.63 Å². The number of fused-ring (bicyclic) bond motifs is 3. The predicted octanol–water partition coefficient (Wildman–Crippen LogP) is 1.28. The van der Waals surface area contributed by atoms with Gasteiger partial charge in [-0.25, -0.2) is 9.78 Å². The zero-order chi connectivity index (χ0) is 13.6. The molecular formula is C12H8ClN3O3. The molecule has 6 nitrogen and oxygen atoms in total. The average molecular weight is 278 g/mol. The normalized spacial score (nSPS) is 11.1. The Morgan fingerprint density at radius 3 is 2.84 bits per heavy atom. The maximum Gasteiger partial charge on any atom is 0.330 e. The Morgan fingerprint density at radius 1 is 1.32 bits per heavy atom. The number of pyridine rings is 1. The van der Waals surface area contributed by atoms with Crippen LogP contribution in [0, 0.1) is 0 Å². The summed E-state index contributed by atoms with van der Waals surface area (Å²) >= 11 is 6.05. The molecule has 3 aromatic rings. The number of aromatic nitrogens is 3. The van der Waals surface area contributed by atoms with E-state index in [4.69, 9.17) is 16.4 Å². The Bertz CT molecular complexity index is 866. The lowest BCUT2D eigenvalue weighted by Gasteiger charge is -2.10. The van der Waals surface area contributed by atoms with Gasteiger partial charge in [-0.2, -0.15) is 0 Å². The van der Waals surface area contributed by atoms with E-state index >= 15 is 0 Å². The van der Waals surface area contributed by atoms with Crippen LogP contribution in [-0.2, 0) is 4.79 Å². The van der Waals surface area contributed by atoms with Gasteiger partial charge in [0.25, 0.3) is 0 Å². The molecule has 3 aromatic heterocycles. The lowest BCUT2D eigenvalue weighted by Crippen LogP contribution is -2.31. The van der Waals surface area contributed by atoms with Crippen molar-refractivity contribution in [3.63, 3.8) is 0 Å². The fraction of sp³-hybridized carbons (Fsp3) is 0.0833. The first kappa shape index (κ1) is 11.7. The van der Waals surface area contributed by atoms with Crippen molar-refractivity contribution >= 4 is 34.3 Å². The molecule has 3 heterocycles. The standard InChI is InChI=1S/C12H8ClN3O3/c1-7(17)19-16-8-3-2-6-14-11(8)15-9(12(16)18)4-5-10(15)13/h2-6H,1H3. The zero-order valence-electron chi connectivity index (χ0n) is 9.83. The van der Waals surface area contributed by atoms with Crippen LogP contribution in [0.25, 0.3) is 16.7 Å². The third-order valence-corrected chi connectivity index (χ3v) is 2.95. The Morgan fingerprint density at radius 2 is 2.11 bits per heavy atom. The van der Waals surface area contributed by atoms with Crippen LogP contribution in [0.15, 0.2) is 35.3 Å². The number of carbonyl (C=O) groups is 1. The summed E-state index contributed by atoms with van der Waals surface area (Å²) in [5, 5.41) is 0.366. The molecule has 3 rings (SSSR count). The lowest BCUT2D eigenvalue weighted by molar-refractivity contribution is -0.141. The summed E-state index contributed by atoms with van der Waals surface area (Å²) in [4.78, 5) is 32.5. The fourth-order valence-corrected chi connectivity index (χ4v) is 2.18. The lowest BCUT2D eigenvalue weighted by atomic mass is 10.4. The molecule has 0 aliphatic rings. The van der Waals surface area contributed by atoms with Crippen LogP contribution in [0.1, 0.15) is 6.92 Å². The maximum absolute atomic E-state index is 12.3. The summed E-state index contributed by atoms with van der Waals surface area (Å²) < 4.78 is 2.44. The van der Waals surface area contributed by atoms with Gasteiger partial charge in [-0.05, 0) is 24.3 Å². The Kier molecular flexibility index (Phi) is 2.53. The number of halogens is 1. The van der Waals surface area contributed by atoms with Crippen molar-refractivity contribution in [1.29, 1.82) is 0 Å². The molecule has 0 spiro atoms. The van der Waals surface area contributed by atoms with Crippen molar-refractivity contribution in [2.24, 2.45) is 0 Å². The third kappa shape index (κ3) is 1.68. The maximum atomic E-state index is 12.3. The predicted molar refractivity (Wildman–Crippen MR) is 69.2 cm³/mol. The van der Waals surface area contributed by atoms with E-state index in [1.165, 1.54) is 11.3 Å². The van der Waals surface area contributed by atoms with Crippen molar-refractivity contribution in [1.82, 2.24) is 14.1 Å². The molecule has 7 heteroatoms. The number of hydrogen-bond donors (Lipinski definition) is 0. The van der Waals surface area contributed by atoms with Crippen molar-refractivity contribution in [2.75, 3.05) is 0 Å². The number of hydrogen-bond acceptors (Lipinski definition) is 4. The number of carbonyl (C=O) groups excluding carboxylic acids is 1. The molecule has 0 atom stereocenters. The topological polar surface area (TPSA) is 65.6 Å². The Labute approximate surface area is 111 Å². The van der Waals surface area contributed by atoms with Crippen molar-refractivity contribution in [3.05, 3.63) is 46.0 Å². The van der Waals surface area contributed by atoms with Gasteiger partial charge in [0.05, 0.1) is 0 Å². The SMILES string of the molecule is CC(=O)On1c(=O)c2ccc(Cl)n2c2ncccc21. The molecule has 0 saturated heterocycles. The number of nitrogens with zero attached hydrogens (tertiary/aromatic N) is 3. The monoisotopic (exact) mass is 277 g/mol. The quantitative estimate of drug-likeness (QED) is 0.672. The van der Waals surface area contributed by atoms with Crippen LogP contribution >= 0.6 is 11.6 Å². The second-order valence-corrected chi connectivity index (χ2v) is 4.29. The van der Waals surface area contributed by atoms with E-state index in [9.17, 15) is 9.59 Å². The van der Waals surface area contributed by atoms with Crippen molar-refractivity contribution in [2.45, 2.75) is 6.92 Å². The second-order valence-electron chi connectivity index (χ2n) is 3.91. The zero-order valence-corrected chi connectivity index (χ0v) is 10.6. The van der Waals surface area contributed by atoms with Gasteiger partial charge in [0.1, 0.15) is 16.2 Å².